The van der Waals surface area contributed by atoms with Gasteiger partial charge in [-0.2, -0.15) is 0 Å². The van der Waals surface area contributed by atoms with Crippen LogP contribution in [0, 0.1) is 19.7 Å². The summed E-state index contributed by atoms with van der Waals surface area (Å²) in [5, 5.41) is 10.2. The number of ether oxygens (including phenoxy) is 2. The minimum atomic E-state index is -0.947. The summed E-state index contributed by atoms with van der Waals surface area (Å²) in [6.45, 7) is 3.31. The van der Waals surface area contributed by atoms with Gasteiger partial charge in [-0.15, -0.1) is 0 Å². The molecule has 0 spiro atoms. The molecule has 1 aromatic rings. The van der Waals surface area contributed by atoms with Crippen molar-refractivity contribution in [2.75, 3.05) is 14.2 Å². The summed E-state index contributed by atoms with van der Waals surface area (Å²) in [6.07, 6.45) is 1.27. The summed E-state index contributed by atoms with van der Waals surface area (Å²) in [7, 11) is 2.98. The summed E-state index contributed by atoms with van der Waals surface area (Å²) in [5.41, 5.74) is 0.437. The van der Waals surface area contributed by atoms with Crippen LogP contribution in [0.2, 0.25) is 0 Å². The Morgan fingerprint density at radius 1 is 1.06 bits per heavy atom. The first-order valence-corrected chi connectivity index (χ1v) is 5.59. The van der Waals surface area contributed by atoms with E-state index in [1.807, 2.05) is 0 Å². The van der Waals surface area contributed by atoms with E-state index in [1.165, 1.54) is 14.2 Å². The normalized spacial score (nSPS) is 16.8. The number of halogens is 1. The van der Waals surface area contributed by atoms with Crippen LogP contribution in [-0.4, -0.2) is 19.3 Å². The van der Waals surface area contributed by atoms with E-state index in [0.717, 1.165) is 0 Å². The molecule has 0 bridgehead atoms. The molecule has 1 aliphatic rings. The molecule has 0 saturated heterocycles. The third-order valence-corrected chi connectivity index (χ3v) is 3.40. The third kappa shape index (κ3) is 1.67. The second kappa shape index (κ2) is 3.88. The van der Waals surface area contributed by atoms with Gasteiger partial charge in [0, 0.05) is 11.1 Å². The Balaban J connectivity index is 2.76. The van der Waals surface area contributed by atoms with Crippen LogP contribution >= 0.6 is 0 Å². The molecule has 2 rings (SSSR count). The van der Waals surface area contributed by atoms with Gasteiger partial charge in [-0.1, -0.05) is 0 Å². The predicted octanol–water partition coefficient (Wildman–Crippen LogP) is 2.44. The van der Waals surface area contributed by atoms with Gasteiger partial charge < -0.3 is 14.6 Å². The Morgan fingerprint density at radius 3 is 2.00 bits per heavy atom. The summed E-state index contributed by atoms with van der Waals surface area (Å²) < 4.78 is 24.6. The van der Waals surface area contributed by atoms with E-state index < -0.39 is 5.60 Å². The van der Waals surface area contributed by atoms with Crippen LogP contribution in [-0.2, 0) is 5.60 Å². The first kappa shape index (κ1) is 12.2. The Hall–Kier alpha value is -1.29. The fraction of sp³-hybridized carbons (Fsp3) is 0.538. The molecule has 4 heteroatoms. The van der Waals surface area contributed by atoms with E-state index in [-0.39, 0.29) is 5.82 Å². The summed E-state index contributed by atoms with van der Waals surface area (Å²) in [6, 6.07) is 0. The van der Waals surface area contributed by atoms with Gasteiger partial charge in [-0.3, -0.25) is 0 Å². The lowest BCUT2D eigenvalue weighted by Gasteiger charge is -2.21. The lowest BCUT2D eigenvalue weighted by atomic mass is 9.96. The first-order valence-electron chi connectivity index (χ1n) is 5.59. The molecule has 0 unspecified atom stereocenters. The molecular weight excluding hydrogens is 223 g/mol. The molecule has 0 heterocycles. The third-order valence-electron chi connectivity index (χ3n) is 3.40. The van der Waals surface area contributed by atoms with E-state index in [2.05, 4.69) is 0 Å². The monoisotopic (exact) mass is 240 g/mol. The van der Waals surface area contributed by atoms with Crippen molar-refractivity contribution in [1.29, 1.82) is 0 Å². The quantitative estimate of drug-likeness (QED) is 0.882. The molecule has 0 atom stereocenters. The molecule has 1 aromatic carbocycles. The second-order valence-corrected chi connectivity index (χ2v) is 4.54. The van der Waals surface area contributed by atoms with Crippen LogP contribution in [0.1, 0.15) is 29.5 Å². The smallest absolute Gasteiger partial charge is 0.167 e. The average molecular weight is 240 g/mol. The van der Waals surface area contributed by atoms with Crippen LogP contribution < -0.4 is 9.47 Å². The highest BCUT2D eigenvalue weighted by molar-refractivity contribution is 5.59. The largest absolute Gasteiger partial charge is 0.492 e. The Bertz CT molecular complexity index is 464. The molecule has 1 saturated carbocycles. The SMILES string of the molecule is COc1c(C)c(F)c(C)c(C2(O)CC2)c1OC. The van der Waals surface area contributed by atoms with Crippen LogP contribution in [0.4, 0.5) is 4.39 Å². The van der Waals surface area contributed by atoms with Gasteiger partial charge in [0.25, 0.3) is 0 Å². The Morgan fingerprint density at radius 2 is 1.59 bits per heavy atom. The average Bonchev–Trinajstić information content (AvgIpc) is 3.04. The number of benzene rings is 1. The standard InChI is InChI=1S/C13H17FO3/c1-7-9(13(15)5-6-13)12(17-4)11(16-3)8(2)10(7)14/h15H,5-6H2,1-4H3. The van der Waals surface area contributed by atoms with Gasteiger partial charge in [-0.05, 0) is 32.3 Å². The van der Waals surface area contributed by atoms with Crippen molar-refractivity contribution in [1.82, 2.24) is 0 Å². The van der Waals surface area contributed by atoms with Crippen molar-refractivity contribution >= 4 is 0 Å². The molecular formula is C13H17FO3. The van der Waals surface area contributed by atoms with E-state index in [0.29, 0.717) is 41.0 Å². The molecule has 3 nitrogen and oxygen atoms in total. The molecule has 0 radical (unpaired) electrons. The zero-order valence-electron chi connectivity index (χ0n) is 10.6. The van der Waals surface area contributed by atoms with Gasteiger partial charge in [0.05, 0.1) is 19.8 Å². The highest BCUT2D eigenvalue weighted by atomic mass is 19.1. The highest BCUT2D eigenvalue weighted by Gasteiger charge is 2.47. The van der Waals surface area contributed by atoms with Crippen molar-refractivity contribution in [2.45, 2.75) is 32.3 Å². The summed E-state index contributed by atoms with van der Waals surface area (Å²) >= 11 is 0. The Labute approximate surface area is 100 Å². The van der Waals surface area contributed by atoms with Gasteiger partial charge in [0.15, 0.2) is 11.5 Å². The molecule has 1 fully saturated rings. The molecule has 0 aromatic heterocycles. The van der Waals surface area contributed by atoms with Crippen molar-refractivity contribution in [3.63, 3.8) is 0 Å². The van der Waals surface area contributed by atoms with Crippen LogP contribution in [0.15, 0.2) is 0 Å². The summed E-state index contributed by atoms with van der Waals surface area (Å²) in [5.74, 6) is 0.479. The minimum Gasteiger partial charge on any atom is -0.492 e. The fourth-order valence-corrected chi connectivity index (χ4v) is 2.31. The maximum atomic E-state index is 14.1. The maximum Gasteiger partial charge on any atom is 0.167 e. The van der Waals surface area contributed by atoms with Crippen molar-refractivity contribution in [3.8, 4) is 11.5 Å². The molecule has 1 N–H and O–H groups in total. The predicted molar refractivity (Wildman–Crippen MR) is 62.1 cm³/mol. The second-order valence-electron chi connectivity index (χ2n) is 4.54. The molecule has 0 amide bonds. The van der Waals surface area contributed by atoms with Crippen LogP contribution in [0.25, 0.3) is 0 Å². The van der Waals surface area contributed by atoms with Crippen LogP contribution in [0.3, 0.4) is 0 Å². The summed E-state index contributed by atoms with van der Waals surface area (Å²) in [4.78, 5) is 0. The van der Waals surface area contributed by atoms with Gasteiger partial charge in [0.1, 0.15) is 5.82 Å². The maximum absolute atomic E-state index is 14.1. The number of hydrogen-bond donors (Lipinski definition) is 1. The molecule has 0 aliphatic heterocycles. The molecule has 17 heavy (non-hydrogen) atoms. The topological polar surface area (TPSA) is 38.7 Å². The molecule has 1 aliphatic carbocycles. The first-order chi connectivity index (χ1) is 7.96. The van der Waals surface area contributed by atoms with Gasteiger partial charge in [0.2, 0.25) is 0 Å². The van der Waals surface area contributed by atoms with Crippen molar-refractivity contribution in [3.05, 3.63) is 22.5 Å². The number of aliphatic hydroxyl groups is 1. The van der Waals surface area contributed by atoms with E-state index in [1.54, 1.807) is 13.8 Å². The number of methoxy groups -OCH3 is 2. The van der Waals surface area contributed by atoms with Gasteiger partial charge in [-0.25, -0.2) is 4.39 Å². The number of hydrogen-bond acceptors (Lipinski definition) is 3. The number of rotatable bonds is 3. The van der Waals surface area contributed by atoms with Crippen molar-refractivity contribution in [2.24, 2.45) is 0 Å². The molecule has 94 valence electrons. The van der Waals surface area contributed by atoms with E-state index in [9.17, 15) is 9.50 Å². The zero-order valence-corrected chi connectivity index (χ0v) is 10.6. The van der Waals surface area contributed by atoms with Gasteiger partial charge >= 0.3 is 0 Å². The van der Waals surface area contributed by atoms with Crippen LogP contribution in [0.5, 0.6) is 11.5 Å². The fourth-order valence-electron chi connectivity index (χ4n) is 2.31. The Kier molecular flexibility index (Phi) is 2.78. The minimum absolute atomic E-state index is 0.335. The lowest BCUT2D eigenvalue weighted by Crippen LogP contribution is -2.13. The van der Waals surface area contributed by atoms with Crippen molar-refractivity contribution < 1.29 is 19.0 Å². The highest BCUT2D eigenvalue weighted by Crippen LogP contribution is 2.53. The van der Waals surface area contributed by atoms with E-state index >= 15 is 0 Å². The lowest BCUT2D eigenvalue weighted by molar-refractivity contribution is 0.145. The van der Waals surface area contributed by atoms with E-state index in [4.69, 9.17) is 9.47 Å². The zero-order chi connectivity index (χ0) is 12.8.